The second-order valence-electron chi connectivity index (χ2n) is 6.66. The Labute approximate surface area is 178 Å². The van der Waals surface area contributed by atoms with Crippen LogP contribution < -0.4 is 16.1 Å². The standard InChI is InChI=1S/C22H19N7O2/c23-19-11-17(5-7-25-19)18-6-8-26-20(12-18)29(21-13-24-9-10-27-21)14-15-1-3-16(4-2-15)22(30)28-31/h1-13,31H,14H2,(H2,23,25)(H,28,30). The van der Waals surface area contributed by atoms with E-state index in [0.29, 0.717) is 29.6 Å². The second-order valence-corrected chi connectivity index (χ2v) is 6.66. The fourth-order valence-electron chi connectivity index (χ4n) is 3.09. The first-order valence-corrected chi connectivity index (χ1v) is 9.39. The molecule has 0 unspecified atom stereocenters. The van der Waals surface area contributed by atoms with Crippen LogP contribution in [0, 0.1) is 0 Å². The largest absolute Gasteiger partial charge is 0.384 e. The zero-order valence-electron chi connectivity index (χ0n) is 16.4. The predicted octanol–water partition coefficient (Wildman–Crippen LogP) is 2.97. The second kappa shape index (κ2) is 8.97. The van der Waals surface area contributed by atoms with E-state index in [0.717, 1.165) is 16.7 Å². The first kappa shape index (κ1) is 19.9. The molecule has 0 fully saturated rings. The number of aromatic nitrogens is 4. The maximum atomic E-state index is 11.6. The normalized spacial score (nSPS) is 10.5. The van der Waals surface area contributed by atoms with E-state index in [2.05, 4.69) is 19.9 Å². The zero-order chi connectivity index (χ0) is 21.6. The molecule has 4 aromatic rings. The molecule has 4 N–H and O–H groups in total. The molecule has 1 aromatic carbocycles. The molecule has 9 nitrogen and oxygen atoms in total. The maximum absolute atomic E-state index is 11.6. The average Bonchev–Trinajstić information content (AvgIpc) is 2.83. The lowest BCUT2D eigenvalue weighted by Gasteiger charge is -2.23. The molecule has 0 saturated carbocycles. The Hall–Kier alpha value is -4.37. The number of amides is 1. The molecule has 0 saturated heterocycles. The van der Waals surface area contributed by atoms with E-state index in [9.17, 15) is 4.79 Å². The third kappa shape index (κ3) is 4.62. The Kier molecular flexibility index (Phi) is 5.77. The molecule has 0 bridgehead atoms. The van der Waals surface area contributed by atoms with Gasteiger partial charge < -0.3 is 10.6 Å². The average molecular weight is 413 g/mol. The van der Waals surface area contributed by atoms with Gasteiger partial charge in [0.15, 0.2) is 5.82 Å². The number of nitrogens with two attached hydrogens (primary N) is 1. The van der Waals surface area contributed by atoms with E-state index in [1.54, 1.807) is 66.8 Å². The molecule has 4 rings (SSSR count). The Bertz CT molecular complexity index is 1180. The third-order valence-corrected chi connectivity index (χ3v) is 4.62. The van der Waals surface area contributed by atoms with Gasteiger partial charge in [-0.05, 0) is 53.1 Å². The Balaban J connectivity index is 1.69. The van der Waals surface area contributed by atoms with Gasteiger partial charge in [0.2, 0.25) is 0 Å². The van der Waals surface area contributed by atoms with Gasteiger partial charge in [-0.1, -0.05) is 12.1 Å². The molecule has 0 atom stereocenters. The van der Waals surface area contributed by atoms with E-state index < -0.39 is 5.91 Å². The summed E-state index contributed by atoms with van der Waals surface area (Å²) in [7, 11) is 0. The van der Waals surface area contributed by atoms with Gasteiger partial charge in [0.1, 0.15) is 11.6 Å². The van der Waals surface area contributed by atoms with Gasteiger partial charge in [-0.2, -0.15) is 0 Å². The highest BCUT2D eigenvalue weighted by molar-refractivity contribution is 5.93. The van der Waals surface area contributed by atoms with Crippen molar-refractivity contribution in [2.24, 2.45) is 0 Å². The SMILES string of the molecule is Nc1cc(-c2ccnc(N(Cc3ccc(C(=O)NO)cc3)c3cnccn3)c2)ccn1. The van der Waals surface area contributed by atoms with E-state index in [1.807, 2.05) is 23.1 Å². The summed E-state index contributed by atoms with van der Waals surface area (Å²) >= 11 is 0. The first-order chi connectivity index (χ1) is 15.1. The molecule has 154 valence electrons. The summed E-state index contributed by atoms with van der Waals surface area (Å²) in [5, 5.41) is 8.79. The summed E-state index contributed by atoms with van der Waals surface area (Å²) in [6, 6.07) is 14.4. The number of anilines is 3. The number of carbonyl (C=O) groups is 1. The molecule has 3 aromatic heterocycles. The van der Waals surface area contributed by atoms with Crippen molar-refractivity contribution >= 4 is 23.4 Å². The number of hydrogen-bond donors (Lipinski definition) is 3. The fraction of sp³-hybridized carbons (Fsp3) is 0.0455. The highest BCUT2D eigenvalue weighted by Gasteiger charge is 2.15. The summed E-state index contributed by atoms with van der Waals surface area (Å²) in [5.74, 6) is 1.17. The van der Waals surface area contributed by atoms with Crippen molar-refractivity contribution in [1.82, 2.24) is 25.4 Å². The molecular weight excluding hydrogens is 394 g/mol. The minimum Gasteiger partial charge on any atom is -0.384 e. The van der Waals surface area contributed by atoms with E-state index in [-0.39, 0.29) is 0 Å². The van der Waals surface area contributed by atoms with E-state index >= 15 is 0 Å². The van der Waals surface area contributed by atoms with Crippen molar-refractivity contribution in [2.75, 3.05) is 10.6 Å². The number of hydroxylamine groups is 1. The summed E-state index contributed by atoms with van der Waals surface area (Å²) < 4.78 is 0. The summed E-state index contributed by atoms with van der Waals surface area (Å²) in [4.78, 5) is 30.7. The van der Waals surface area contributed by atoms with E-state index in [1.165, 1.54) is 0 Å². The minimum absolute atomic E-state index is 0.354. The Morgan fingerprint density at radius 3 is 2.29 bits per heavy atom. The van der Waals surface area contributed by atoms with Gasteiger partial charge in [-0.3, -0.25) is 15.0 Å². The number of rotatable bonds is 6. The molecule has 0 spiro atoms. The lowest BCUT2D eigenvalue weighted by atomic mass is 10.1. The van der Waals surface area contributed by atoms with Gasteiger partial charge in [0.25, 0.3) is 5.91 Å². The molecule has 0 aliphatic rings. The molecular formula is C22H19N7O2. The quantitative estimate of drug-likeness (QED) is 0.325. The van der Waals surface area contributed by atoms with Crippen LogP contribution in [0.5, 0.6) is 0 Å². The number of nitrogens with one attached hydrogen (secondary N) is 1. The van der Waals surface area contributed by atoms with Crippen LogP contribution in [0.1, 0.15) is 15.9 Å². The van der Waals surface area contributed by atoms with Crippen molar-refractivity contribution in [2.45, 2.75) is 6.54 Å². The zero-order valence-corrected chi connectivity index (χ0v) is 16.4. The van der Waals surface area contributed by atoms with Crippen molar-refractivity contribution in [1.29, 1.82) is 0 Å². The Morgan fingerprint density at radius 1 is 0.903 bits per heavy atom. The third-order valence-electron chi connectivity index (χ3n) is 4.62. The maximum Gasteiger partial charge on any atom is 0.274 e. The minimum atomic E-state index is -0.566. The lowest BCUT2D eigenvalue weighted by molar-refractivity contribution is 0.0706. The van der Waals surface area contributed by atoms with Gasteiger partial charge in [0, 0.05) is 30.4 Å². The van der Waals surface area contributed by atoms with Crippen LogP contribution in [-0.2, 0) is 6.54 Å². The van der Waals surface area contributed by atoms with Gasteiger partial charge in [0.05, 0.1) is 12.7 Å². The lowest BCUT2D eigenvalue weighted by Crippen LogP contribution is -2.20. The molecule has 3 heterocycles. The first-order valence-electron chi connectivity index (χ1n) is 9.39. The van der Waals surface area contributed by atoms with Crippen molar-refractivity contribution in [3.05, 3.63) is 90.6 Å². The summed E-state index contributed by atoms with van der Waals surface area (Å²) in [6.07, 6.45) is 8.26. The van der Waals surface area contributed by atoms with Crippen LogP contribution in [0.2, 0.25) is 0 Å². The fourth-order valence-corrected chi connectivity index (χ4v) is 3.09. The van der Waals surface area contributed by atoms with E-state index in [4.69, 9.17) is 10.9 Å². The Morgan fingerprint density at radius 2 is 1.61 bits per heavy atom. The van der Waals surface area contributed by atoms with Crippen LogP contribution in [0.3, 0.4) is 0 Å². The monoisotopic (exact) mass is 413 g/mol. The predicted molar refractivity (Wildman–Crippen MR) is 115 cm³/mol. The molecule has 0 radical (unpaired) electrons. The molecule has 0 aliphatic carbocycles. The molecule has 31 heavy (non-hydrogen) atoms. The number of nitrogens with zero attached hydrogens (tertiary/aromatic N) is 5. The smallest absolute Gasteiger partial charge is 0.274 e. The summed E-state index contributed by atoms with van der Waals surface area (Å²) in [6.45, 7) is 0.439. The molecule has 1 amide bonds. The van der Waals surface area contributed by atoms with Crippen LogP contribution in [-0.4, -0.2) is 31.1 Å². The van der Waals surface area contributed by atoms with Crippen LogP contribution in [0.4, 0.5) is 17.5 Å². The van der Waals surface area contributed by atoms with Gasteiger partial charge in [-0.15, -0.1) is 0 Å². The highest BCUT2D eigenvalue weighted by atomic mass is 16.5. The van der Waals surface area contributed by atoms with Gasteiger partial charge >= 0.3 is 0 Å². The highest BCUT2D eigenvalue weighted by Crippen LogP contribution is 2.28. The topological polar surface area (TPSA) is 130 Å². The van der Waals surface area contributed by atoms with Crippen LogP contribution in [0.15, 0.2) is 79.5 Å². The van der Waals surface area contributed by atoms with Crippen LogP contribution in [0.25, 0.3) is 11.1 Å². The van der Waals surface area contributed by atoms with Crippen molar-refractivity contribution in [3.63, 3.8) is 0 Å². The van der Waals surface area contributed by atoms with Crippen molar-refractivity contribution in [3.8, 4) is 11.1 Å². The number of benzene rings is 1. The molecule has 9 heteroatoms. The summed E-state index contributed by atoms with van der Waals surface area (Å²) in [5.41, 5.74) is 10.6. The van der Waals surface area contributed by atoms with Crippen molar-refractivity contribution < 1.29 is 10.0 Å². The number of carbonyl (C=O) groups excluding carboxylic acids is 1. The number of nitrogen functional groups attached to an aromatic ring is 1. The van der Waals surface area contributed by atoms with Crippen LogP contribution >= 0.6 is 0 Å². The number of pyridine rings is 2. The molecule has 0 aliphatic heterocycles. The number of hydrogen-bond acceptors (Lipinski definition) is 8. The van der Waals surface area contributed by atoms with Gasteiger partial charge in [-0.25, -0.2) is 20.4 Å².